The minimum atomic E-state index is -0.0410. The molecule has 2 aromatic rings. The van der Waals surface area contributed by atoms with E-state index in [1.54, 1.807) is 0 Å². The van der Waals surface area contributed by atoms with Crippen LogP contribution in [0.1, 0.15) is 15.9 Å². The summed E-state index contributed by atoms with van der Waals surface area (Å²) in [5.41, 5.74) is 1.83. The minimum absolute atomic E-state index is 0.0410. The van der Waals surface area contributed by atoms with Gasteiger partial charge in [0.05, 0.1) is 5.56 Å². The van der Waals surface area contributed by atoms with E-state index >= 15 is 0 Å². The number of carbonyl (C=O) groups is 1. The molecule has 4 nitrogen and oxygen atoms in total. The predicted molar refractivity (Wildman–Crippen MR) is 87.8 cm³/mol. The average Bonchev–Trinajstić information content (AvgIpc) is 2.95. The van der Waals surface area contributed by atoms with Gasteiger partial charge in [0.2, 0.25) is 6.79 Å². The zero-order valence-corrected chi connectivity index (χ0v) is 13.4. The van der Waals surface area contributed by atoms with Crippen LogP contribution >= 0.6 is 22.6 Å². The highest BCUT2D eigenvalue weighted by Gasteiger charge is 2.13. The van der Waals surface area contributed by atoms with Crippen molar-refractivity contribution < 1.29 is 14.3 Å². The lowest BCUT2D eigenvalue weighted by atomic mass is 10.1. The molecule has 5 heteroatoms. The summed E-state index contributed by atoms with van der Waals surface area (Å²) >= 11 is 2.17. The van der Waals surface area contributed by atoms with E-state index in [0.29, 0.717) is 12.1 Å². The van der Waals surface area contributed by atoms with E-state index in [1.165, 1.54) is 0 Å². The van der Waals surface area contributed by atoms with E-state index in [-0.39, 0.29) is 12.7 Å². The maximum atomic E-state index is 12.1. The fourth-order valence-corrected chi connectivity index (χ4v) is 2.79. The molecule has 0 unspecified atom stereocenters. The lowest BCUT2D eigenvalue weighted by molar-refractivity contribution is 0.0953. The third-order valence-electron chi connectivity index (χ3n) is 3.25. The summed E-state index contributed by atoms with van der Waals surface area (Å²) in [5.74, 6) is 1.51. The first-order valence-corrected chi connectivity index (χ1v) is 7.73. The van der Waals surface area contributed by atoms with Crippen molar-refractivity contribution in [2.24, 2.45) is 0 Å². The van der Waals surface area contributed by atoms with Gasteiger partial charge in [-0.15, -0.1) is 0 Å². The quantitative estimate of drug-likeness (QED) is 0.810. The van der Waals surface area contributed by atoms with Crippen molar-refractivity contribution in [2.45, 2.75) is 6.42 Å². The Morgan fingerprint density at radius 1 is 1.14 bits per heavy atom. The molecule has 0 spiro atoms. The number of benzene rings is 2. The lowest BCUT2D eigenvalue weighted by Gasteiger charge is -2.07. The molecular weight excluding hydrogens is 381 g/mol. The Balaban J connectivity index is 1.57. The number of nitrogens with one attached hydrogen (secondary N) is 1. The highest BCUT2D eigenvalue weighted by molar-refractivity contribution is 14.1. The zero-order chi connectivity index (χ0) is 14.7. The predicted octanol–water partition coefficient (Wildman–Crippen LogP) is 2.99. The number of hydrogen-bond donors (Lipinski definition) is 1. The summed E-state index contributed by atoms with van der Waals surface area (Å²) in [4.78, 5) is 12.1. The van der Waals surface area contributed by atoms with Crippen LogP contribution in [0.3, 0.4) is 0 Å². The molecular formula is C16H14INO3. The highest BCUT2D eigenvalue weighted by Crippen LogP contribution is 2.32. The van der Waals surface area contributed by atoms with E-state index in [9.17, 15) is 4.79 Å². The second-order valence-corrected chi connectivity index (χ2v) is 5.84. The Bertz CT molecular complexity index is 672. The molecule has 21 heavy (non-hydrogen) atoms. The van der Waals surface area contributed by atoms with Gasteiger partial charge >= 0.3 is 0 Å². The number of fused-ring (bicyclic) bond motifs is 1. The maximum Gasteiger partial charge on any atom is 0.252 e. The second-order valence-electron chi connectivity index (χ2n) is 4.67. The van der Waals surface area contributed by atoms with Gasteiger partial charge in [-0.1, -0.05) is 18.2 Å². The SMILES string of the molecule is O=C(NCCc1ccc2c(c1)OCO2)c1ccccc1I. The van der Waals surface area contributed by atoms with Gasteiger partial charge in [-0.25, -0.2) is 0 Å². The Kier molecular flexibility index (Phi) is 4.28. The molecule has 0 aromatic heterocycles. The van der Waals surface area contributed by atoms with Gasteiger partial charge in [-0.2, -0.15) is 0 Å². The molecule has 1 aliphatic heterocycles. The van der Waals surface area contributed by atoms with Gasteiger partial charge in [-0.3, -0.25) is 4.79 Å². The lowest BCUT2D eigenvalue weighted by Crippen LogP contribution is -2.26. The van der Waals surface area contributed by atoms with Crippen molar-refractivity contribution >= 4 is 28.5 Å². The standard InChI is InChI=1S/C16H14INO3/c17-13-4-2-1-3-12(13)16(19)18-8-7-11-5-6-14-15(9-11)21-10-20-14/h1-6,9H,7-8,10H2,(H,18,19). The number of halogens is 1. The molecule has 0 atom stereocenters. The summed E-state index contributed by atoms with van der Waals surface area (Å²) in [6, 6.07) is 13.4. The van der Waals surface area contributed by atoms with Gasteiger partial charge in [0, 0.05) is 10.1 Å². The molecule has 0 saturated heterocycles. The Labute approximate surface area is 136 Å². The van der Waals surface area contributed by atoms with E-state index in [0.717, 1.165) is 27.1 Å². The first kappa shape index (κ1) is 14.2. The van der Waals surface area contributed by atoms with Crippen LogP contribution in [0.5, 0.6) is 11.5 Å². The molecule has 1 amide bonds. The van der Waals surface area contributed by atoms with Gasteiger partial charge in [0.15, 0.2) is 11.5 Å². The van der Waals surface area contributed by atoms with E-state index in [2.05, 4.69) is 27.9 Å². The van der Waals surface area contributed by atoms with Crippen molar-refractivity contribution in [1.29, 1.82) is 0 Å². The minimum Gasteiger partial charge on any atom is -0.454 e. The Morgan fingerprint density at radius 2 is 1.95 bits per heavy atom. The molecule has 1 N–H and O–H groups in total. The average molecular weight is 395 g/mol. The van der Waals surface area contributed by atoms with Crippen LogP contribution < -0.4 is 14.8 Å². The van der Waals surface area contributed by atoms with Gasteiger partial charge < -0.3 is 14.8 Å². The number of amides is 1. The van der Waals surface area contributed by atoms with Gasteiger partial charge in [-0.05, 0) is 58.8 Å². The molecule has 0 saturated carbocycles. The topological polar surface area (TPSA) is 47.6 Å². The number of rotatable bonds is 4. The summed E-state index contributed by atoms with van der Waals surface area (Å²) < 4.78 is 11.6. The Hall–Kier alpha value is -1.76. The molecule has 3 rings (SSSR count). The van der Waals surface area contributed by atoms with Gasteiger partial charge in [0.25, 0.3) is 5.91 Å². The molecule has 1 heterocycles. The number of ether oxygens (including phenoxy) is 2. The van der Waals surface area contributed by atoms with Crippen LogP contribution in [0, 0.1) is 3.57 Å². The summed E-state index contributed by atoms with van der Waals surface area (Å²) in [5, 5.41) is 2.94. The second kappa shape index (κ2) is 6.34. The van der Waals surface area contributed by atoms with E-state index in [1.807, 2.05) is 42.5 Å². The van der Waals surface area contributed by atoms with Crippen molar-refractivity contribution in [3.05, 3.63) is 57.2 Å². The fraction of sp³-hybridized carbons (Fsp3) is 0.188. The largest absolute Gasteiger partial charge is 0.454 e. The highest BCUT2D eigenvalue weighted by atomic mass is 127. The molecule has 0 radical (unpaired) electrons. The normalized spacial score (nSPS) is 12.2. The maximum absolute atomic E-state index is 12.1. The van der Waals surface area contributed by atoms with Crippen LogP contribution in [0.2, 0.25) is 0 Å². The first-order chi connectivity index (χ1) is 10.2. The van der Waals surface area contributed by atoms with Crippen molar-refractivity contribution in [1.82, 2.24) is 5.32 Å². The van der Waals surface area contributed by atoms with Crippen LogP contribution in [0.4, 0.5) is 0 Å². The van der Waals surface area contributed by atoms with Crippen molar-refractivity contribution in [2.75, 3.05) is 13.3 Å². The third kappa shape index (κ3) is 3.29. The monoisotopic (exact) mass is 395 g/mol. The van der Waals surface area contributed by atoms with Crippen LogP contribution in [0.25, 0.3) is 0 Å². The van der Waals surface area contributed by atoms with E-state index in [4.69, 9.17) is 9.47 Å². The molecule has 0 bridgehead atoms. The number of hydrogen-bond acceptors (Lipinski definition) is 3. The first-order valence-electron chi connectivity index (χ1n) is 6.65. The number of carbonyl (C=O) groups excluding carboxylic acids is 1. The summed E-state index contributed by atoms with van der Waals surface area (Å²) in [6.45, 7) is 0.866. The zero-order valence-electron chi connectivity index (χ0n) is 11.3. The summed E-state index contributed by atoms with van der Waals surface area (Å²) in [6.07, 6.45) is 0.756. The molecule has 0 aliphatic carbocycles. The Morgan fingerprint density at radius 3 is 2.81 bits per heavy atom. The van der Waals surface area contributed by atoms with Crippen molar-refractivity contribution in [3.63, 3.8) is 0 Å². The van der Waals surface area contributed by atoms with Crippen LogP contribution in [-0.4, -0.2) is 19.2 Å². The van der Waals surface area contributed by atoms with E-state index < -0.39 is 0 Å². The smallest absolute Gasteiger partial charge is 0.252 e. The van der Waals surface area contributed by atoms with Gasteiger partial charge in [0.1, 0.15) is 0 Å². The molecule has 1 aliphatic rings. The third-order valence-corrected chi connectivity index (χ3v) is 4.20. The van der Waals surface area contributed by atoms with Crippen LogP contribution in [0.15, 0.2) is 42.5 Å². The van der Waals surface area contributed by atoms with Crippen molar-refractivity contribution in [3.8, 4) is 11.5 Å². The molecule has 0 fully saturated rings. The molecule has 2 aromatic carbocycles. The molecule has 108 valence electrons. The van der Waals surface area contributed by atoms with Crippen LogP contribution in [-0.2, 0) is 6.42 Å². The summed E-state index contributed by atoms with van der Waals surface area (Å²) in [7, 11) is 0. The fourth-order valence-electron chi connectivity index (χ4n) is 2.16.